The van der Waals surface area contributed by atoms with Crippen LogP contribution in [0.15, 0.2) is 6.33 Å². The Kier molecular flexibility index (Phi) is 4.06. The van der Waals surface area contributed by atoms with Gasteiger partial charge in [-0.1, -0.05) is 23.2 Å². The van der Waals surface area contributed by atoms with Crippen molar-refractivity contribution in [2.24, 2.45) is 0 Å². The molecule has 0 bridgehead atoms. The average Bonchev–Trinajstić information content (AvgIpc) is 2.12. The molecular formula is C7H8Cl2N4O. The summed E-state index contributed by atoms with van der Waals surface area (Å²) in [6.45, 7) is 0.168. The monoisotopic (exact) mass is 234 g/mol. The Morgan fingerprint density at radius 1 is 1.43 bits per heavy atom. The average molecular weight is 235 g/mol. The standard InChI is InChI=1S/C7H8Cl2N4O/c1-10-2-4(14)13-5-6(8)11-3-12-7(5)9/h3,10H,2H2,1H3,(H,13,14). The van der Waals surface area contributed by atoms with Gasteiger partial charge in [0.1, 0.15) is 12.0 Å². The molecule has 0 atom stereocenters. The van der Waals surface area contributed by atoms with E-state index in [1.165, 1.54) is 6.33 Å². The highest BCUT2D eigenvalue weighted by molar-refractivity contribution is 6.38. The second-order valence-corrected chi connectivity index (χ2v) is 3.12. The molecule has 0 aliphatic heterocycles. The van der Waals surface area contributed by atoms with Crippen molar-refractivity contribution in [3.63, 3.8) is 0 Å². The van der Waals surface area contributed by atoms with Crippen molar-refractivity contribution < 1.29 is 4.79 Å². The fraction of sp³-hybridized carbons (Fsp3) is 0.286. The number of carbonyl (C=O) groups is 1. The maximum absolute atomic E-state index is 11.2. The Morgan fingerprint density at radius 2 is 2.00 bits per heavy atom. The van der Waals surface area contributed by atoms with Crippen LogP contribution < -0.4 is 10.6 Å². The van der Waals surface area contributed by atoms with Crippen LogP contribution in [0, 0.1) is 0 Å². The maximum Gasteiger partial charge on any atom is 0.238 e. The molecule has 2 N–H and O–H groups in total. The lowest BCUT2D eigenvalue weighted by molar-refractivity contribution is -0.115. The summed E-state index contributed by atoms with van der Waals surface area (Å²) in [5, 5.41) is 5.42. The number of rotatable bonds is 3. The third-order valence-corrected chi connectivity index (χ3v) is 1.93. The first kappa shape index (κ1) is 11.2. The molecule has 0 radical (unpaired) electrons. The fourth-order valence-electron chi connectivity index (χ4n) is 0.792. The summed E-state index contributed by atoms with van der Waals surface area (Å²) >= 11 is 11.4. The molecule has 1 rings (SSSR count). The van der Waals surface area contributed by atoms with Crippen LogP contribution in [0.4, 0.5) is 5.69 Å². The van der Waals surface area contributed by atoms with Gasteiger partial charge in [-0.3, -0.25) is 4.79 Å². The van der Waals surface area contributed by atoms with E-state index >= 15 is 0 Å². The minimum Gasteiger partial charge on any atom is -0.320 e. The van der Waals surface area contributed by atoms with Crippen LogP contribution in [0.25, 0.3) is 0 Å². The Bertz CT molecular complexity index is 324. The maximum atomic E-state index is 11.2. The predicted octanol–water partition coefficient (Wildman–Crippen LogP) is 0.941. The third kappa shape index (κ3) is 2.80. The Balaban J connectivity index is 2.80. The Morgan fingerprint density at radius 3 is 2.50 bits per heavy atom. The summed E-state index contributed by atoms with van der Waals surface area (Å²) in [7, 11) is 1.66. The van der Waals surface area contributed by atoms with Crippen molar-refractivity contribution in [3.05, 3.63) is 16.6 Å². The summed E-state index contributed by atoms with van der Waals surface area (Å²) in [6.07, 6.45) is 1.22. The van der Waals surface area contributed by atoms with Crippen molar-refractivity contribution in [2.75, 3.05) is 18.9 Å². The molecule has 5 nitrogen and oxygen atoms in total. The van der Waals surface area contributed by atoms with E-state index in [1.807, 2.05) is 0 Å². The Labute approximate surface area is 90.8 Å². The lowest BCUT2D eigenvalue weighted by Crippen LogP contribution is -2.25. The highest BCUT2D eigenvalue weighted by Gasteiger charge is 2.10. The molecule has 0 fully saturated rings. The van der Waals surface area contributed by atoms with Crippen molar-refractivity contribution >= 4 is 34.8 Å². The second kappa shape index (κ2) is 5.09. The summed E-state index contributed by atoms with van der Waals surface area (Å²) in [5.41, 5.74) is 0.232. The van der Waals surface area contributed by atoms with Crippen molar-refractivity contribution in [2.45, 2.75) is 0 Å². The number of anilines is 1. The molecule has 0 saturated carbocycles. The van der Waals surface area contributed by atoms with Gasteiger partial charge in [0.2, 0.25) is 5.91 Å². The second-order valence-electron chi connectivity index (χ2n) is 2.41. The number of hydrogen-bond acceptors (Lipinski definition) is 4. The molecule has 76 valence electrons. The van der Waals surface area contributed by atoms with Gasteiger partial charge >= 0.3 is 0 Å². The van der Waals surface area contributed by atoms with Gasteiger partial charge in [0.15, 0.2) is 10.3 Å². The molecule has 0 saturated heterocycles. The molecule has 1 aromatic heterocycles. The number of hydrogen-bond donors (Lipinski definition) is 2. The Hall–Kier alpha value is -0.910. The smallest absolute Gasteiger partial charge is 0.238 e. The summed E-state index contributed by atoms with van der Waals surface area (Å²) < 4.78 is 0. The van der Waals surface area contributed by atoms with Gasteiger partial charge in [-0.2, -0.15) is 0 Å². The summed E-state index contributed by atoms with van der Waals surface area (Å²) in [4.78, 5) is 18.5. The summed E-state index contributed by atoms with van der Waals surface area (Å²) in [6, 6.07) is 0. The molecule has 7 heteroatoms. The number of amides is 1. The zero-order chi connectivity index (χ0) is 10.6. The van der Waals surface area contributed by atoms with Crippen LogP contribution in [0.1, 0.15) is 0 Å². The fourth-order valence-corrected chi connectivity index (χ4v) is 1.20. The number of likely N-dealkylation sites (N-methyl/N-ethyl adjacent to an activating group) is 1. The lowest BCUT2D eigenvalue weighted by atomic mass is 10.5. The first-order valence-corrected chi connectivity index (χ1v) is 4.51. The number of nitrogens with one attached hydrogen (secondary N) is 2. The SMILES string of the molecule is CNCC(=O)Nc1c(Cl)ncnc1Cl. The van der Waals surface area contributed by atoms with E-state index in [1.54, 1.807) is 7.05 Å². The molecule has 0 aromatic carbocycles. The van der Waals surface area contributed by atoms with Crippen LogP contribution in [0.2, 0.25) is 10.3 Å². The molecule has 1 amide bonds. The van der Waals surface area contributed by atoms with Crippen LogP contribution in [0.3, 0.4) is 0 Å². The van der Waals surface area contributed by atoms with Crippen molar-refractivity contribution in [1.29, 1.82) is 0 Å². The van der Waals surface area contributed by atoms with Gasteiger partial charge in [-0.05, 0) is 7.05 Å². The van der Waals surface area contributed by atoms with E-state index in [0.29, 0.717) is 0 Å². The minimum atomic E-state index is -0.258. The molecule has 14 heavy (non-hydrogen) atoms. The number of aromatic nitrogens is 2. The van der Waals surface area contributed by atoms with E-state index in [4.69, 9.17) is 23.2 Å². The largest absolute Gasteiger partial charge is 0.320 e. The van der Waals surface area contributed by atoms with Gasteiger partial charge in [0.25, 0.3) is 0 Å². The number of nitrogens with zero attached hydrogens (tertiary/aromatic N) is 2. The normalized spacial score (nSPS) is 9.93. The van der Waals surface area contributed by atoms with Gasteiger partial charge in [0, 0.05) is 0 Å². The van der Waals surface area contributed by atoms with E-state index in [0.717, 1.165) is 0 Å². The van der Waals surface area contributed by atoms with Crippen LogP contribution in [-0.2, 0) is 4.79 Å². The van der Waals surface area contributed by atoms with Gasteiger partial charge < -0.3 is 10.6 Å². The first-order valence-electron chi connectivity index (χ1n) is 3.75. The molecule has 0 aliphatic carbocycles. The minimum absolute atomic E-state index is 0.120. The third-order valence-electron chi connectivity index (χ3n) is 1.36. The molecule has 0 aliphatic rings. The van der Waals surface area contributed by atoms with Crippen LogP contribution >= 0.6 is 23.2 Å². The van der Waals surface area contributed by atoms with Crippen LogP contribution in [-0.4, -0.2) is 29.5 Å². The number of carbonyl (C=O) groups excluding carboxylic acids is 1. The van der Waals surface area contributed by atoms with Crippen LogP contribution in [0.5, 0.6) is 0 Å². The van der Waals surface area contributed by atoms with Crippen molar-refractivity contribution in [1.82, 2.24) is 15.3 Å². The van der Waals surface area contributed by atoms with Gasteiger partial charge in [-0.25, -0.2) is 9.97 Å². The summed E-state index contributed by atoms with van der Waals surface area (Å²) in [5.74, 6) is -0.258. The van der Waals surface area contributed by atoms with Crippen molar-refractivity contribution in [3.8, 4) is 0 Å². The molecule has 0 spiro atoms. The van der Waals surface area contributed by atoms with E-state index < -0.39 is 0 Å². The molecular weight excluding hydrogens is 227 g/mol. The van der Waals surface area contributed by atoms with Gasteiger partial charge in [0.05, 0.1) is 6.54 Å². The topological polar surface area (TPSA) is 66.9 Å². The highest BCUT2D eigenvalue weighted by Crippen LogP contribution is 2.25. The van der Waals surface area contributed by atoms with E-state index in [2.05, 4.69) is 20.6 Å². The zero-order valence-electron chi connectivity index (χ0n) is 7.34. The quantitative estimate of drug-likeness (QED) is 0.765. The predicted molar refractivity (Wildman–Crippen MR) is 54.6 cm³/mol. The molecule has 1 heterocycles. The van der Waals surface area contributed by atoms with E-state index in [9.17, 15) is 4.79 Å². The molecule has 0 unspecified atom stereocenters. The first-order chi connectivity index (χ1) is 6.65. The zero-order valence-corrected chi connectivity index (χ0v) is 8.85. The highest BCUT2D eigenvalue weighted by atomic mass is 35.5. The number of halogens is 2. The molecule has 1 aromatic rings. The lowest BCUT2D eigenvalue weighted by Gasteiger charge is -2.06. The van der Waals surface area contributed by atoms with Gasteiger partial charge in [-0.15, -0.1) is 0 Å². The van der Waals surface area contributed by atoms with E-state index in [-0.39, 0.29) is 28.4 Å².